The zero-order valence-electron chi connectivity index (χ0n) is 12.2. The number of nitrogens with zero attached hydrogens (tertiary/aromatic N) is 1. The summed E-state index contributed by atoms with van der Waals surface area (Å²) in [5, 5.41) is 9.77. The molecule has 4 heteroatoms. The Morgan fingerprint density at radius 1 is 1.10 bits per heavy atom. The van der Waals surface area contributed by atoms with Crippen LogP contribution in [-0.4, -0.2) is 30.1 Å². The first-order valence-electron chi connectivity index (χ1n) is 6.73. The van der Waals surface area contributed by atoms with Gasteiger partial charge in [-0.15, -0.1) is 0 Å². The van der Waals surface area contributed by atoms with Crippen LogP contribution in [-0.2, 0) is 17.8 Å². The first-order valence-corrected chi connectivity index (χ1v) is 6.73. The molecule has 2 aromatic rings. The Morgan fingerprint density at radius 3 is 2.38 bits per heavy atom. The normalized spacial score (nSPS) is 10.6. The quantitative estimate of drug-likeness (QED) is 0.858. The average molecular weight is 285 g/mol. The largest absolute Gasteiger partial charge is 0.508 e. The van der Waals surface area contributed by atoms with Crippen LogP contribution in [0.1, 0.15) is 21.5 Å². The number of para-hydroxylation sites is 1. The van der Waals surface area contributed by atoms with Gasteiger partial charge in [0.15, 0.2) is 0 Å². The summed E-state index contributed by atoms with van der Waals surface area (Å²) in [7, 11) is 3.36. The van der Waals surface area contributed by atoms with Gasteiger partial charge >= 0.3 is 5.97 Å². The van der Waals surface area contributed by atoms with Crippen LogP contribution in [0, 0.1) is 0 Å². The lowest BCUT2D eigenvalue weighted by molar-refractivity contribution is 0.0600. The Kier molecular flexibility index (Phi) is 4.95. The summed E-state index contributed by atoms with van der Waals surface area (Å²) in [6.07, 6.45) is 0. The molecule has 2 aromatic carbocycles. The summed E-state index contributed by atoms with van der Waals surface area (Å²) in [5.41, 5.74) is 2.54. The van der Waals surface area contributed by atoms with Crippen LogP contribution in [0.4, 0.5) is 0 Å². The minimum Gasteiger partial charge on any atom is -0.508 e. The number of phenolic OH excluding ortho intramolecular Hbond substituents is 1. The van der Waals surface area contributed by atoms with Crippen LogP contribution in [0.15, 0.2) is 48.5 Å². The predicted octanol–water partition coefficient (Wildman–Crippen LogP) is 2.81. The van der Waals surface area contributed by atoms with E-state index in [1.165, 1.54) is 7.11 Å². The molecule has 0 aliphatic carbocycles. The van der Waals surface area contributed by atoms with Gasteiger partial charge in [-0.25, -0.2) is 4.79 Å². The van der Waals surface area contributed by atoms with Crippen molar-refractivity contribution >= 4 is 5.97 Å². The van der Waals surface area contributed by atoms with Gasteiger partial charge in [0.05, 0.1) is 12.7 Å². The molecule has 0 heterocycles. The lowest BCUT2D eigenvalue weighted by Crippen LogP contribution is -2.17. The van der Waals surface area contributed by atoms with Gasteiger partial charge < -0.3 is 9.84 Å². The zero-order chi connectivity index (χ0) is 15.2. The summed E-state index contributed by atoms with van der Waals surface area (Å²) in [4.78, 5) is 13.5. The molecule has 4 nitrogen and oxygen atoms in total. The maximum absolute atomic E-state index is 11.4. The predicted molar refractivity (Wildman–Crippen MR) is 81.1 cm³/mol. The maximum atomic E-state index is 11.4. The van der Waals surface area contributed by atoms with Gasteiger partial charge in [0.25, 0.3) is 0 Å². The lowest BCUT2D eigenvalue weighted by atomic mass is 10.1. The summed E-state index contributed by atoms with van der Waals surface area (Å²) in [6.45, 7) is 1.39. The van der Waals surface area contributed by atoms with E-state index in [2.05, 4.69) is 9.64 Å². The van der Waals surface area contributed by atoms with E-state index in [9.17, 15) is 9.90 Å². The first kappa shape index (κ1) is 15.1. The molecule has 0 aliphatic rings. The van der Waals surface area contributed by atoms with Gasteiger partial charge in [0.2, 0.25) is 0 Å². The molecule has 1 N–H and O–H groups in total. The Hall–Kier alpha value is -2.33. The second kappa shape index (κ2) is 6.90. The van der Waals surface area contributed by atoms with E-state index < -0.39 is 0 Å². The van der Waals surface area contributed by atoms with E-state index in [1.807, 2.05) is 37.4 Å². The number of rotatable bonds is 5. The van der Waals surface area contributed by atoms with Crippen LogP contribution in [0.5, 0.6) is 5.75 Å². The number of esters is 1. The van der Waals surface area contributed by atoms with Crippen LogP contribution in [0.25, 0.3) is 0 Å². The highest BCUT2D eigenvalue weighted by Gasteiger charge is 2.07. The first-order chi connectivity index (χ1) is 10.1. The van der Waals surface area contributed by atoms with E-state index in [1.54, 1.807) is 18.2 Å². The molecule has 0 aliphatic heterocycles. The molecule has 2 rings (SSSR count). The highest BCUT2D eigenvalue weighted by Crippen LogP contribution is 2.18. The summed E-state index contributed by atoms with van der Waals surface area (Å²) in [6, 6.07) is 14.7. The van der Waals surface area contributed by atoms with Gasteiger partial charge in [-0.05, 0) is 30.8 Å². The van der Waals surface area contributed by atoms with E-state index in [0.717, 1.165) is 17.7 Å². The van der Waals surface area contributed by atoms with Gasteiger partial charge in [0, 0.05) is 18.7 Å². The number of methoxy groups -OCH3 is 1. The Balaban J connectivity index is 1.98. The number of carbonyl (C=O) groups is 1. The van der Waals surface area contributed by atoms with Crippen molar-refractivity contribution < 1.29 is 14.6 Å². The van der Waals surface area contributed by atoms with Crippen molar-refractivity contribution in [3.8, 4) is 5.75 Å². The van der Waals surface area contributed by atoms with E-state index >= 15 is 0 Å². The number of hydrogen-bond acceptors (Lipinski definition) is 4. The SMILES string of the molecule is COC(=O)c1ccc(CN(C)Cc2ccccc2O)cc1. The van der Waals surface area contributed by atoms with Crippen LogP contribution < -0.4 is 0 Å². The van der Waals surface area contributed by atoms with Crippen molar-refractivity contribution in [2.24, 2.45) is 0 Å². The molecule has 0 bridgehead atoms. The molecule has 0 radical (unpaired) electrons. The van der Waals surface area contributed by atoms with Crippen LogP contribution in [0.2, 0.25) is 0 Å². The highest BCUT2D eigenvalue weighted by molar-refractivity contribution is 5.89. The molecule has 110 valence electrons. The highest BCUT2D eigenvalue weighted by atomic mass is 16.5. The van der Waals surface area contributed by atoms with Crippen molar-refractivity contribution in [2.75, 3.05) is 14.2 Å². The number of ether oxygens (including phenoxy) is 1. The van der Waals surface area contributed by atoms with Crippen molar-refractivity contribution in [2.45, 2.75) is 13.1 Å². The molecule has 21 heavy (non-hydrogen) atoms. The number of carbonyl (C=O) groups excluding carboxylic acids is 1. The molecular formula is C17H19NO3. The van der Waals surface area contributed by atoms with Crippen LogP contribution >= 0.6 is 0 Å². The summed E-state index contributed by atoms with van der Waals surface area (Å²) >= 11 is 0. The zero-order valence-corrected chi connectivity index (χ0v) is 12.2. The third-order valence-electron chi connectivity index (χ3n) is 3.26. The molecule has 0 amide bonds. The monoisotopic (exact) mass is 285 g/mol. The summed E-state index contributed by atoms with van der Waals surface area (Å²) in [5.74, 6) is -0.0190. The topological polar surface area (TPSA) is 49.8 Å². The molecule has 0 atom stereocenters. The second-order valence-corrected chi connectivity index (χ2v) is 4.99. The lowest BCUT2D eigenvalue weighted by Gasteiger charge is -2.17. The summed E-state index contributed by atoms with van der Waals surface area (Å²) < 4.78 is 4.67. The third-order valence-corrected chi connectivity index (χ3v) is 3.26. The van der Waals surface area contributed by atoms with Gasteiger partial charge in [-0.1, -0.05) is 30.3 Å². The van der Waals surface area contributed by atoms with Crippen molar-refractivity contribution in [1.29, 1.82) is 0 Å². The second-order valence-electron chi connectivity index (χ2n) is 4.99. The number of phenols is 1. The van der Waals surface area contributed by atoms with E-state index in [0.29, 0.717) is 17.9 Å². The van der Waals surface area contributed by atoms with Crippen molar-refractivity contribution in [3.05, 3.63) is 65.2 Å². The molecule has 0 saturated carbocycles. The fraction of sp³-hybridized carbons (Fsp3) is 0.235. The molecule has 0 saturated heterocycles. The van der Waals surface area contributed by atoms with Gasteiger partial charge in [0.1, 0.15) is 5.75 Å². The molecule has 0 aromatic heterocycles. The fourth-order valence-electron chi connectivity index (χ4n) is 2.17. The number of aromatic hydroxyl groups is 1. The molecule has 0 unspecified atom stereocenters. The maximum Gasteiger partial charge on any atom is 0.337 e. The number of hydrogen-bond donors (Lipinski definition) is 1. The minimum atomic E-state index is -0.330. The molecule has 0 spiro atoms. The fourth-order valence-corrected chi connectivity index (χ4v) is 2.17. The Bertz CT molecular complexity index is 608. The van der Waals surface area contributed by atoms with E-state index in [-0.39, 0.29) is 5.97 Å². The van der Waals surface area contributed by atoms with Crippen LogP contribution in [0.3, 0.4) is 0 Å². The van der Waals surface area contributed by atoms with Gasteiger partial charge in [-0.2, -0.15) is 0 Å². The molecule has 0 fully saturated rings. The van der Waals surface area contributed by atoms with E-state index in [4.69, 9.17) is 0 Å². The Labute approximate surface area is 124 Å². The van der Waals surface area contributed by atoms with Crippen molar-refractivity contribution in [1.82, 2.24) is 4.90 Å². The minimum absolute atomic E-state index is 0.311. The third kappa shape index (κ3) is 4.07. The average Bonchev–Trinajstić information content (AvgIpc) is 2.49. The molecular weight excluding hydrogens is 266 g/mol. The van der Waals surface area contributed by atoms with Gasteiger partial charge in [-0.3, -0.25) is 4.90 Å². The smallest absolute Gasteiger partial charge is 0.337 e. The standard InChI is InChI=1S/C17H19NO3/c1-18(12-15-5-3-4-6-16(15)19)11-13-7-9-14(10-8-13)17(20)21-2/h3-10,19H,11-12H2,1-2H3. The van der Waals surface area contributed by atoms with Crippen molar-refractivity contribution in [3.63, 3.8) is 0 Å². The number of benzene rings is 2. The Morgan fingerprint density at radius 2 is 1.76 bits per heavy atom.